The van der Waals surface area contributed by atoms with Crippen LogP contribution < -0.4 is 16.4 Å². The average molecular weight is 399 g/mol. The minimum atomic E-state index is -0.423. The SMILES string of the molecule is C=CCn1c(=N)c(C(=O)N[C@@H](C)c2ccccc2)cc2c(=O)n3ccccc3nc21. The first-order chi connectivity index (χ1) is 14.5. The molecule has 150 valence electrons. The van der Waals surface area contributed by atoms with Gasteiger partial charge in [0.05, 0.1) is 17.0 Å². The summed E-state index contributed by atoms with van der Waals surface area (Å²) in [7, 11) is 0. The fourth-order valence-electron chi connectivity index (χ4n) is 3.47. The number of hydrogen-bond acceptors (Lipinski definition) is 4. The van der Waals surface area contributed by atoms with E-state index in [9.17, 15) is 9.59 Å². The molecule has 0 radical (unpaired) electrons. The lowest BCUT2D eigenvalue weighted by Crippen LogP contribution is -2.35. The predicted octanol–water partition coefficient (Wildman–Crippen LogP) is 2.81. The monoisotopic (exact) mass is 399 g/mol. The summed E-state index contributed by atoms with van der Waals surface area (Å²) >= 11 is 0. The molecule has 0 aliphatic heterocycles. The Balaban J connectivity index is 1.88. The van der Waals surface area contributed by atoms with Crippen molar-refractivity contribution in [3.8, 4) is 0 Å². The second-order valence-corrected chi connectivity index (χ2v) is 6.99. The highest BCUT2D eigenvalue weighted by Crippen LogP contribution is 2.14. The summed E-state index contributed by atoms with van der Waals surface area (Å²) in [6, 6.07) is 16.0. The molecule has 4 rings (SSSR count). The van der Waals surface area contributed by atoms with Crippen molar-refractivity contribution >= 4 is 22.6 Å². The maximum absolute atomic E-state index is 13.1. The number of carbonyl (C=O) groups is 1. The third-order valence-electron chi connectivity index (χ3n) is 5.02. The highest BCUT2D eigenvalue weighted by atomic mass is 16.1. The van der Waals surface area contributed by atoms with Gasteiger partial charge in [-0.05, 0) is 30.7 Å². The number of allylic oxidation sites excluding steroid dienone is 1. The normalized spacial score (nSPS) is 12.0. The lowest BCUT2D eigenvalue weighted by molar-refractivity contribution is 0.0937. The number of aromatic nitrogens is 3. The van der Waals surface area contributed by atoms with Crippen molar-refractivity contribution in [3.05, 3.63) is 100 Å². The van der Waals surface area contributed by atoms with Crippen LogP contribution in [0.5, 0.6) is 0 Å². The molecule has 3 aromatic heterocycles. The molecule has 1 aromatic carbocycles. The van der Waals surface area contributed by atoms with Gasteiger partial charge in [0.25, 0.3) is 11.5 Å². The first-order valence-corrected chi connectivity index (χ1v) is 9.57. The van der Waals surface area contributed by atoms with E-state index in [1.54, 1.807) is 30.5 Å². The lowest BCUT2D eigenvalue weighted by Gasteiger charge is -2.16. The number of benzene rings is 1. The zero-order valence-electron chi connectivity index (χ0n) is 16.5. The summed E-state index contributed by atoms with van der Waals surface area (Å²) in [5, 5.41) is 11.8. The summed E-state index contributed by atoms with van der Waals surface area (Å²) < 4.78 is 2.96. The number of nitrogens with one attached hydrogen (secondary N) is 2. The molecule has 0 saturated heterocycles. The molecule has 1 amide bonds. The fraction of sp³-hybridized carbons (Fsp3) is 0.130. The summed E-state index contributed by atoms with van der Waals surface area (Å²) in [6.45, 7) is 5.86. The third kappa shape index (κ3) is 3.30. The van der Waals surface area contributed by atoms with E-state index in [1.165, 1.54) is 15.0 Å². The van der Waals surface area contributed by atoms with Crippen LogP contribution in [0.25, 0.3) is 16.7 Å². The van der Waals surface area contributed by atoms with Gasteiger partial charge in [-0.15, -0.1) is 6.58 Å². The molecule has 0 aliphatic rings. The van der Waals surface area contributed by atoms with E-state index in [2.05, 4.69) is 16.9 Å². The molecule has 4 aromatic rings. The number of nitrogens with zero attached hydrogens (tertiary/aromatic N) is 3. The summed E-state index contributed by atoms with van der Waals surface area (Å²) in [6.07, 6.45) is 3.24. The second-order valence-electron chi connectivity index (χ2n) is 6.99. The van der Waals surface area contributed by atoms with E-state index in [0.717, 1.165) is 5.56 Å². The molecule has 0 spiro atoms. The lowest BCUT2D eigenvalue weighted by atomic mass is 10.1. The van der Waals surface area contributed by atoms with E-state index in [-0.39, 0.29) is 34.6 Å². The maximum atomic E-state index is 13.1. The molecule has 0 saturated carbocycles. The Kier molecular flexibility index (Phi) is 5.02. The Morgan fingerprint density at radius 1 is 1.23 bits per heavy atom. The molecular weight excluding hydrogens is 378 g/mol. The molecule has 1 atom stereocenters. The van der Waals surface area contributed by atoms with Crippen LogP contribution in [0, 0.1) is 5.41 Å². The topological polar surface area (TPSA) is 92.2 Å². The largest absolute Gasteiger partial charge is 0.345 e. The molecule has 7 heteroatoms. The minimum Gasteiger partial charge on any atom is -0.345 e. The summed E-state index contributed by atoms with van der Waals surface area (Å²) in [5.74, 6) is -0.423. The van der Waals surface area contributed by atoms with E-state index >= 15 is 0 Å². The number of rotatable bonds is 5. The number of carbonyl (C=O) groups excluding carboxylic acids is 1. The molecule has 2 N–H and O–H groups in total. The van der Waals surface area contributed by atoms with Gasteiger partial charge >= 0.3 is 0 Å². The van der Waals surface area contributed by atoms with Crippen molar-refractivity contribution in [1.29, 1.82) is 5.41 Å². The molecule has 0 bridgehead atoms. The van der Waals surface area contributed by atoms with Gasteiger partial charge < -0.3 is 9.88 Å². The van der Waals surface area contributed by atoms with Crippen molar-refractivity contribution in [2.75, 3.05) is 0 Å². The van der Waals surface area contributed by atoms with E-state index in [4.69, 9.17) is 5.41 Å². The van der Waals surface area contributed by atoms with Crippen molar-refractivity contribution in [2.24, 2.45) is 0 Å². The first kappa shape index (κ1) is 19.3. The second kappa shape index (κ2) is 7.79. The van der Waals surface area contributed by atoms with Gasteiger partial charge in [-0.2, -0.15) is 0 Å². The van der Waals surface area contributed by atoms with Crippen molar-refractivity contribution in [2.45, 2.75) is 19.5 Å². The Morgan fingerprint density at radius 2 is 1.97 bits per heavy atom. The molecule has 30 heavy (non-hydrogen) atoms. The number of pyridine rings is 2. The number of hydrogen-bond donors (Lipinski definition) is 2. The van der Waals surface area contributed by atoms with Gasteiger partial charge in [-0.3, -0.25) is 19.4 Å². The van der Waals surface area contributed by atoms with Crippen LogP contribution in [0.15, 0.2) is 78.2 Å². The Bertz CT molecular complexity index is 1390. The molecule has 7 nitrogen and oxygen atoms in total. The third-order valence-corrected chi connectivity index (χ3v) is 5.02. The van der Waals surface area contributed by atoms with Gasteiger partial charge in [-0.25, -0.2) is 4.98 Å². The minimum absolute atomic E-state index is 0.0210. The fourth-order valence-corrected chi connectivity index (χ4v) is 3.47. The van der Waals surface area contributed by atoms with Crippen LogP contribution >= 0.6 is 0 Å². The van der Waals surface area contributed by atoms with E-state index in [1.807, 2.05) is 37.3 Å². The smallest absolute Gasteiger partial charge is 0.267 e. The quantitative estimate of drug-likeness (QED) is 0.399. The molecule has 0 unspecified atom stereocenters. The van der Waals surface area contributed by atoms with Gasteiger partial charge in [0.2, 0.25) is 0 Å². The number of fused-ring (bicyclic) bond motifs is 2. The maximum Gasteiger partial charge on any atom is 0.267 e. The summed E-state index contributed by atoms with van der Waals surface area (Å²) in [5.41, 5.74) is 1.57. The van der Waals surface area contributed by atoms with Crippen molar-refractivity contribution in [1.82, 2.24) is 19.3 Å². The van der Waals surface area contributed by atoms with Gasteiger partial charge in [0, 0.05) is 12.7 Å². The predicted molar refractivity (Wildman–Crippen MR) is 115 cm³/mol. The van der Waals surface area contributed by atoms with Crippen molar-refractivity contribution < 1.29 is 4.79 Å². The molecule has 3 heterocycles. The van der Waals surface area contributed by atoms with E-state index < -0.39 is 5.91 Å². The molecular formula is C23H21N5O2. The van der Waals surface area contributed by atoms with Crippen LogP contribution in [0.4, 0.5) is 0 Å². The standard InChI is InChI=1S/C23H21N5O2/c1-3-12-28-20(24)17(22(29)25-15(2)16-9-5-4-6-10-16)14-18-21(28)26-19-11-7-8-13-27(19)23(18)30/h3-11,13-15,24H,1,12H2,2H3,(H,25,29)/t15-/m0/s1. The van der Waals surface area contributed by atoms with Crippen LogP contribution in [-0.4, -0.2) is 19.9 Å². The highest BCUT2D eigenvalue weighted by Gasteiger charge is 2.18. The zero-order chi connectivity index (χ0) is 21.3. The first-order valence-electron chi connectivity index (χ1n) is 9.57. The van der Waals surface area contributed by atoms with Crippen molar-refractivity contribution in [3.63, 3.8) is 0 Å². The van der Waals surface area contributed by atoms with Crippen LogP contribution in [0.1, 0.15) is 28.9 Å². The highest BCUT2D eigenvalue weighted by molar-refractivity contribution is 5.97. The van der Waals surface area contributed by atoms with Gasteiger partial charge in [0.1, 0.15) is 16.8 Å². The zero-order valence-corrected chi connectivity index (χ0v) is 16.5. The van der Waals surface area contributed by atoms with Crippen LogP contribution in [-0.2, 0) is 6.54 Å². The van der Waals surface area contributed by atoms with Gasteiger partial charge in [-0.1, -0.05) is 42.5 Å². The molecule has 0 fully saturated rings. The number of amides is 1. The summed E-state index contributed by atoms with van der Waals surface area (Å²) in [4.78, 5) is 30.6. The average Bonchev–Trinajstić information content (AvgIpc) is 2.76. The Hall–Kier alpha value is -4.00. The van der Waals surface area contributed by atoms with Crippen LogP contribution in [0.3, 0.4) is 0 Å². The van der Waals surface area contributed by atoms with Gasteiger partial charge in [0.15, 0.2) is 0 Å². The molecule has 0 aliphatic carbocycles. The Morgan fingerprint density at radius 3 is 2.70 bits per heavy atom. The Labute approximate surface area is 172 Å². The van der Waals surface area contributed by atoms with E-state index in [0.29, 0.717) is 11.3 Å². The van der Waals surface area contributed by atoms with Crippen LogP contribution in [0.2, 0.25) is 0 Å².